The van der Waals surface area contributed by atoms with Crippen LogP contribution in [-0.2, 0) is 11.2 Å². The van der Waals surface area contributed by atoms with Crippen LogP contribution in [0.1, 0.15) is 12.5 Å². The third-order valence-corrected chi connectivity index (χ3v) is 4.58. The van der Waals surface area contributed by atoms with E-state index in [4.69, 9.17) is 27.9 Å². The molecule has 0 bridgehead atoms. The van der Waals surface area contributed by atoms with Crippen molar-refractivity contribution in [2.24, 2.45) is 0 Å². The maximum atomic E-state index is 6.25. The molecule has 0 saturated heterocycles. The van der Waals surface area contributed by atoms with E-state index in [1.807, 2.05) is 53.5 Å². The average Bonchev–Trinajstić information content (AvgIpc) is 2.94. The standard InChI is InChI=1S/C19H20Cl2N2O/c1-14-16(12-23(22-14)19-5-3-2-4-18(19)21)13-24-11-10-15-6-8-17(20)9-7-15/h2-9,12,14,22H,10-11,13H2,1H3. The summed E-state index contributed by atoms with van der Waals surface area (Å²) in [5, 5.41) is 3.44. The van der Waals surface area contributed by atoms with Crippen LogP contribution in [-0.4, -0.2) is 19.3 Å². The average molecular weight is 363 g/mol. The fraction of sp³-hybridized carbons (Fsp3) is 0.263. The first-order chi connectivity index (χ1) is 11.6. The lowest BCUT2D eigenvalue weighted by molar-refractivity contribution is 0.156. The Labute approximate surface area is 152 Å². The number of anilines is 1. The lowest BCUT2D eigenvalue weighted by Gasteiger charge is -2.19. The topological polar surface area (TPSA) is 24.5 Å². The van der Waals surface area contributed by atoms with Crippen molar-refractivity contribution in [2.45, 2.75) is 19.4 Å². The molecular weight excluding hydrogens is 343 g/mol. The normalized spacial score (nSPS) is 17.2. The van der Waals surface area contributed by atoms with Crippen molar-refractivity contribution < 1.29 is 4.74 Å². The minimum atomic E-state index is 0.219. The summed E-state index contributed by atoms with van der Waals surface area (Å²) in [5.74, 6) is 0. The molecule has 1 aliphatic heterocycles. The molecule has 0 radical (unpaired) electrons. The SMILES string of the molecule is CC1NN(c2ccccc2Cl)C=C1COCCc1ccc(Cl)cc1. The monoisotopic (exact) mass is 362 g/mol. The van der Waals surface area contributed by atoms with Gasteiger partial charge in [-0.05, 0) is 48.7 Å². The molecule has 0 amide bonds. The number of ether oxygens (including phenoxy) is 1. The molecule has 2 aromatic carbocycles. The quantitative estimate of drug-likeness (QED) is 0.743. The maximum Gasteiger partial charge on any atom is 0.0757 e. The molecule has 0 fully saturated rings. The summed E-state index contributed by atoms with van der Waals surface area (Å²) in [6.07, 6.45) is 2.94. The minimum absolute atomic E-state index is 0.219. The van der Waals surface area contributed by atoms with Crippen LogP contribution < -0.4 is 10.4 Å². The van der Waals surface area contributed by atoms with Gasteiger partial charge in [0.15, 0.2) is 0 Å². The van der Waals surface area contributed by atoms with E-state index in [0.29, 0.717) is 13.2 Å². The van der Waals surface area contributed by atoms with Crippen molar-refractivity contribution in [3.05, 3.63) is 75.9 Å². The van der Waals surface area contributed by atoms with Crippen LogP contribution in [0.3, 0.4) is 0 Å². The largest absolute Gasteiger partial charge is 0.377 e. The summed E-state index contributed by atoms with van der Waals surface area (Å²) < 4.78 is 5.84. The molecule has 0 saturated carbocycles. The van der Waals surface area contributed by atoms with Crippen molar-refractivity contribution in [1.29, 1.82) is 0 Å². The number of hydrogen-bond donors (Lipinski definition) is 1. The van der Waals surface area contributed by atoms with E-state index in [0.717, 1.165) is 22.2 Å². The first-order valence-corrected chi connectivity index (χ1v) is 8.72. The van der Waals surface area contributed by atoms with Gasteiger partial charge in [0.1, 0.15) is 0 Å². The summed E-state index contributed by atoms with van der Waals surface area (Å²) >= 11 is 12.1. The fourth-order valence-corrected chi connectivity index (χ4v) is 2.94. The number of halogens is 2. The third-order valence-electron chi connectivity index (χ3n) is 4.01. The first kappa shape index (κ1) is 17.3. The number of para-hydroxylation sites is 1. The Balaban J connectivity index is 1.52. The Hall–Kier alpha value is -1.52. The highest BCUT2D eigenvalue weighted by atomic mass is 35.5. The van der Waals surface area contributed by atoms with Gasteiger partial charge in [-0.25, -0.2) is 5.43 Å². The molecule has 1 atom stereocenters. The number of nitrogens with one attached hydrogen (secondary N) is 1. The first-order valence-electron chi connectivity index (χ1n) is 7.96. The summed E-state index contributed by atoms with van der Waals surface area (Å²) in [6.45, 7) is 3.39. The highest BCUT2D eigenvalue weighted by Gasteiger charge is 2.22. The molecule has 0 spiro atoms. The molecule has 1 unspecified atom stereocenters. The zero-order chi connectivity index (χ0) is 16.9. The maximum absolute atomic E-state index is 6.25. The molecule has 126 valence electrons. The predicted octanol–water partition coefficient (Wildman–Crippen LogP) is 4.85. The van der Waals surface area contributed by atoms with Gasteiger partial charge in [-0.2, -0.15) is 0 Å². The zero-order valence-corrected chi connectivity index (χ0v) is 15.0. The molecule has 2 aromatic rings. The number of nitrogens with zero attached hydrogens (tertiary/aromatic N) is 1. The molecular formula is C19H20Cl2N2O. The van der Waals surface area contributed by atoms with E-state index in [-0.39, 0.29) is 6.04 Å². The Morgan fingerprint density at radius 3 is 2.58 bits per heavy atom. The van der Waals surface area contributed by atoms with Gasteiger partial charge in [0.2, 0.25) is 0 Å². The Kier molecular flexibility index (Phi) is 5.80. The summed E-state index contributed by atoms with van der Waals surface area (Å²) in [7, 11) is 0. The molecule has 24 heavy (non-hydrogen) atoms. The lowest BCUT2D eigenvalue weighted by atomic mass is 10.1. The van der Waals surface area contributed by atoms with Crippen LogP contribution in [0.5, 0.6) is 0 Å². The molecule has 5 heteroatoms. The van der Waals surface area contributed by atoms with Gasteiger partial charge in [0.05, 0.1) is 23.9 Å². The molecule has 1 heterocycles. The van der Waals surface area contributed by atoms with Crippen molar-refractivity contribution in [3.8, 4) is 0 Å². The van der Waals surface area contributed by atoms with E-state index < -0.39 is 0 Å². The Bertz CT molecular complexity index is 716. The smallest absolute Gasteiger partial charge is 0.0757 e. The Morgan fingerprint density at radius 2 is 1.83 bits per heavy atom. The number of hydrogen-bond acceptors (Lipinski definition) is 3. The van der Waals surface area contributed by atoms with Crippen LogP contribution in [0.15, 0.2) is 60.3 Å². The highest BCUT2D eigenvalue weighted by Crippen LogP contribution is 2.27. The van der Waals surface area contributed by atoms with Gasteiger partial charge >= 0.3 is 0 Å². The number of rotatable bonds is 6. The van der Waals surface area contributed by atoms with E-state index in [1.54, 1.807) is 0 Å². The van der Waals surface area contributed by atoms with Gasteiger partial charge in [-0.15, -0.1) is 0 Å². The molecule has 3 rings (SSSR count). The van der Waals surface area contributed by atoms with Crippen LogP contribution in [0.25, 0.3) is 0 Å². The van der Waals surface area contributed by atoms with Crippen LogP contribution in [0.4, 0.5) is 5.69 Å². The molecule has 3 nitrogen and oxygen atoms in total. The summed E-state index contributed by atoms with van der Waals surface area (Å²) in [5.41, 5.74) is 6.76. The predicted molar refractivity (Wildman–Crippen MR) is 101 cm³/mol. The fourth-order valence-electron chi connectivity index (χ4n) is 2.59. The minimum Gasteiger partial charge on any atom is -0.377 e. The second-order valence-electron chi connectivity index (χ2n) is 5.81. The molecule has 0 aromatic heterocycles. The summed E-state index contributed by atoms with van der Waals surface area (Å²) in [4.78, 5) is 0. The van der Waals surface area contributed by atoms with Gasteiger partial charge in [0.25, 0.3) is 0 Å². The third kappa shape index (κ3) is 4.31. The van der Waals surface area contributed by atoms with Gasteiger partial charge in [0, 0.05) is 17.3 Å². The van der Waals surface area contributed by atoms with Gasteiger partial charge in [-0.1, -0.05) is 47.5 Å². The molecule has 0 aliphatic carbocycles. The van der Waals surface area contributed by atoms with Crippen LogP contribution in [0.2, 0.25) is 10.0 Å². The van der Waals surface area contributed by atoms with Crippen molar-refractivity contribution in [3.63, 3.8) is 0 Å². The van der Waals surface area contributed by atoms with Crippen molar-refractivity contribution >= 4 is 28.9 Å². The molecule has 1 N–H and O–H groups in total. The second-order valence-corrected chi connectivity index (χ2v) is 6.65. The van der Waals surface area contributed by atoms with E-state index in [2.05, 4.69) is 18.5 Å². The van der Waals surface area contributed by atoms with Crippen molar-refractivity contribution in [1.82, 2.24) is 5.43 Å². The zero-order valence-electron chi connectivity index (χ0n) is 13.5. The van der Waals surface area contributed by atoms with Gasteiger partial charge < -0.3 is 4.74 Å². The Morgan fingerprint density at radius 1 is 1.08 bits per heavy atom. The number of benzene rings is 2. The summed E-state index contributed by atoms with van der Waals surface area (Å²) in [6, 6.07) is 15.9. The molecule has 1 aliphatic rings. The number of hydrazine groups is 1. The van der Waals surface area contributed by atoms with E-state index >= 15 is 0 Å². The van der Waals surface area contributed by atoms with Crippen molar-refractivity contribution in [2.75, 3.05) is 18.2 Å². The lowest BCUT2D eigenvalue weighted by Crippen LogP contribution is -2.34. The van der Waals surface area contributed by atoms with Crippen LogP contribution in [0, 0.1) is 0 Å². The van der Waals surface area contributed by atoms with Crippen LogP contribution >= 0.6 is 23.2 Å². The highest BCUT2D eigenvalue weighted by molar-refractivity contribution is 6.33. The van der Waals surface area contributed by atoms with E-state index in [1.165, 1.54) is 11.1 Å². The second kappa shape index (κ2) is 8.04. The van der Waals surface area contributed by atoms with Gasteiger partial charge in [-0.3, -0.25) is 5.01 Å². The van der Waals surface area contributed by atoms with E-state index in [9.17, 15) is 0 Å².